The van der Waals surface area contributed by atoms with Gasteiger partial charge in [-0.05, 0) is 51.3 Å². The SMILES string of the molecule is COC(=O)c1cc(Br)cc(NC2CCOC(C)(C)C2)c1C. The van der Waals surface area contributed by atoms with Crippen LogP contribution in [0.5, 0.6) is 0 Å². The van der Waals surface area contributed by atoms with Crippen molar-refractivity contribution < 1.29 is 14.3 Å². The molecular weight excluding hydrogens is 334 g/mol. The number of carbonyl (C=O) groups excluding carboxylic acids is 1. The molecule has 0 aliphatic carbocycles. The highest BCUT2D eigenvalue weighted by molar-refractivity contribution is 9.10. The van der Waals surface area contributed by atoms with E-state index in [-0.39, 0.29) is 11.6 Å². The summed E-state index contributed by atoms with van der Waals surface area (Å²) in [5, 5.41) is 3.55. The van der Waals surface area contributed by atoms with E-state index in [1.54, 1.807) is 6.07 Å². The highest BCUT2D eigenvalue weighted by Crippen LogP contribution is 2.30. The largest absolute Gasteiger partial charge is 0.465 e. The number of ether oxygens (including phenoxy) is 2. The summed E-state index contributed by atoms with van der Waals surface area (Å²) >= 11 is 3.46. The number of methoxy groups -OCH3 is 1. The summed E-state index contributed by atoms with van der Waals surface area (Å²) < 4.78 is 11.4. The molecule has 4 nitrogen and oxygen atoms in total. The van der Waals surface area contributed by atoms with Crippen molar-refractivity contribution in [2.75, 3.05) is 19.0 Å². The lowest BCUT2D eigenvalue weighted by molar-refractivity contribution is -0.0553. The smallest absolute Gasteiger partial charge is 0.338 e. The average molecular weight is 356 g/mol. The third-order valence-electron chi connectivity index (χ3n) is 3.83. The first-order valence-electron chi connectivity index (χ1n) is 7.11. The molecule has 0 spiro atoms. The lowest BCUT2D eigenvalue weighted by Crippen LogP contribution is -2.40. The first kappa shape index (κ1) is 16.3. The van der Waals surface area contributed by atoms with Crippen LogP contribution < -0.4 is 5.32 Å². The Morgan fingerprint density at radius 1 is 1.48 bits per heavy atom. The molecule has 0 aromatic heterocycles. The summed E-state index contributed by atoms with van der Waals surface area (Å²) in [4.78, 5) is 11.8. The van der Waals surface area contributed by atoms with Crippen LogP contribution in [0.2, 0.25) is 0 Å². The number of halogens is 1. The predicted octanol–water partition coefficient (Wildman–Crippen LogP) is 3.91. The normalized spacial score (nSPS) is 20.9. The van der Waals surface area contributed by atoms with Crippen LogP contribution in [-0.4, -0.2) is 31.3 Å². The molecule has 1 unspecified atom stereocenters. The van der Waals surface area contributed by atoms with E-state index in [1.165, 1.54) is 7.11 Å². The van der Waals surface area contributed by atoms with E-state index in [2.05, 4.69) is 35.1 Å². The summed E-state index contributed by atoms with van der Waals surface area (Å²) in [5.41, 5.74) is 2.35. The van der Waals surface area contributed by atoms with E-state index in [9.17, 15) is 4.79 Å². The second kappa shape index (κ2) is 6.36. The summed E-state index contributed by atoms with van der Waals surface area (Å²) in [7, 11) is 1.40. The fourth-order valence-electron chi connectivity index (χ4n) is 2.73. The van der Waals surface area contributed by atoms with Crippen molar-refractivity contribution in [2.24, 2.45) is 0 Å². The van der Waals surface area contributed by atoms with Crippen molar-refractivity contribution in [3.05, 3.63) is 27.7 Å². The van der Waals surface area contributed by atoms with Crippen LogP contribution in [0.25, 0.3) is 0 Å². The lowest BCUT2D eigenvalue weighted by Gasteiger charge is -2.36. The molecule has 1 aromatic rings. The molecule has 5 heteroatoms. The molecule has 21 heavy (non-hydrogen) atoms. The van der Waals surface area contributed by atoms with Crippen molar-refractivity contribution in [3.63, 3.8) is 0 Å². The molecule has 0 amide bonds. The topological polar surface area (TPSA) is 47.6 Å². The molecule has 1 aromatic carbocycles. The van der Waals surface area contributed by atoms with Gasteiger partial charge in [-0.25, -0.2) is 4.79 Å². The standard InChI is InChI=1S/C16H22BrNO3/c1-10-13(15(19)20-4)7-11(17)8-14(10)18-12-5-6-21-16(2,3)9-12/h7-8,12,18H,5-6,9H2,1-4H3. The van der Waals surface area contributed by atoms with Crippen LogP contribution in [0.1, 0.15) is 42.6 Å². The molecule has 1 fully saturated rings. The fraction of sp³-hybridized carbons (Fsp3) is 0.562. The Morgan fingerprint density at radius 3 is 2.81 bits per heavy atom. The maximum atomic E-state index is 11.8. The quantitative estimate of drug-likeness (QED) is 0.834. The second-order valence-corrected chi connectivity index (χ2v) is 6.98. The number of hydrogen-bond donors (Lipinski definition) is 1. The van der Waals surface area contributed by atoms with Crippen molar-refractivity contribution in [3.8, 4) is 0 Å². The summed E-state index contributed by atoms with van der Waals surface area (Å²) in [6.07, 6.45) is 1.90. The molecular formula is C16H22BrNO3. The predicted molar refractivity (Wildman–Crippen MR) is 86.9 cm³/mol. The Balaban J connectivity index is 2.24. The van der Waals surface area contributed by atoms with E-state index < -0.39 is 0 Å². The minimum atomic E-state index is -0.316. The van der Waals surface area contributed by atoms with E-state index in [0.29, 0.717) is 11.6 Å². The Labute approximate surface area is 134 Å². The van der Waals surface area contributed by atoms with Crippen LogP contribution in [-0.2, 0) is 9.47 Å². The lowest BCUT2D eigenvalue weighted by atomic mass is 9.93. The van der Waals surface area contributed by atoms with Gasteiger partial charge in [0.1, 0.15) is 0 Å². The molecule has 1 heterocycles. The second-order valence-electron chi connectivity index (χ2n) is 6.06. The van der Waals surface area contributed by atoms with Gasteiger partial charge in [-0.2, -0.15) is 0 Å². The molecule has 0 radical (unpaired) electrons. The molecule has 1 aliphatic rings. The maximum Gasteiger partial charge on any atom is 0.338 e. The van der Waals surface area contributed by atoms with Crippen LogP contribution in [0.4, 0.5) is 5.69 Å². The highest BCUT2D eigenvalue weighted by Gasteiger charge is 2.29. The summed E-state index contributed by atoms with van der Waals surface area (Å²) in [6, 6.07) is 4.14. The minimum absolute atomic E-state index is 0.110. The van der Waals surface area contributed by atoms with Crippen LogP contribution >= 0.6 is 15.9 Å². The van der Waals surface area contributed by atoms with Gasteiger partial charge in [0, 0.05) is 22.8 Å². The zero-order valence-corrected chi connectivity index (χ0v) is 14.5. The van der Waals surface area contributed by atoms with Gasteiger partial charge in [-0.15, -0.1) is 0 Å². The first-order chi connectivity index (χ1) is 9.82. The fourth-order valence-corrected chi connectivity index (χ4v) is 3.18. The van der Waals surface area contributed by atoms with Crippen molar-refractivity contribution in [1.29, 1.82) is 0 Å². The van der Waals surface area contributed by atoms with Gasteiger partial charge < -0.3 is 14.8 Å². The van der Waals surface area contributed by atoms with Gasteiger partial charge in [0.2, 0.25) is 0 Å². The summed E-state index contributed by atoms with van der Waals surface area (Å²) in [5.74, 6) is -0.316. The Morgan fingerprint density at radius 2 is 2.19 bits per heavy atom. The minimum Gasteiger partial charge on any atom is -0.465 e. The van der Waals surface area contributed by atoms with Crippen molar-refractivity contribution in [2.45, 2.75) is 45.3 Å². The maximum absolute atomic E-state index is 11.8. The highest BCUT2D eigenvalue weighted by atomic mass is 79.9. The van der Waals surface area contributed by atoms with E-state index in [0.717, 1.165) is 35.2 Å². The van der Waals surface area contributed by atoms with E-state index in [4.69, 9.17) is 9.47 Å². The molecule has 1 N–H and O–H groups in total. The molecule has 0 bridgehead atoms. The third kappa shape index (κ3) is 3.98. The zero-order valence-electron chi connectivity index (χ0n) is 13.0. The van der Waals surface area contributed by atoms with Gasteiger partial charge in [0.25, 0.3) is 0 Å². The number of hydrogen-bond acceptors (Lipinski definition) is 4. The third-order valence-corrected chi connectivity index (χ3v) is 4.29. The average Bonchev–Trinajstić information content (AvgIpc) is 2.40. The van der Waals surface area contributed by atoms with Crippen LogP contribution in [0.3, 0.4) is 0 Å². The number of benzene rings is 1. The van der Waals surface area contributed by atoms with Gasteiger partial charge >= 0.3 is 5.97 Å². The first-order valence-corrected chi connectivity index (χ1v) is 7.90. The summed E-state index contributed by atoms with van der Waals surface area (Å²) in [6.45, 7) is 6.90. The molecule has 0 saturated carbocycles. The van der Waals surface area contributed by atoms with E-state index in [1.807, 2.05) is 13.0 Å². The number of esters is 1. The monoisotopic (exact) mass is 355 g/mol. The zero-order chi connectivity index (χ0) is 15.6. The van der Waals surface area contributed by atoms with Crippen molar-refractivity contribution >= 4 is 27.6 Å². The molecule has 1 aliphatic heterocycles. The van der Waals surface area contributed by atoms with Gasteiger partial charge in [0.15, 0.2) is 0 Å². The number of nitrogens with one attached hydrogen (secondary N) is 1. The number of carbonyl (C=O) groups is 1. The Hall–Kier alpha value is -1.07. The van der Waals surface area contributed by atoms with Gasteiger partial charge in [-0.3, -0.25) is 0 Å². The number of anilines is 1. The Bertz CT molecular complexity index is 543. The molecule has 1 saturated heterocycles. The number of rotatable bonds is 3. The van der Waals surface area contributed by atoms with Gasteiger partial charge in [0.05, 0.1) is 18.3 Å². The molecule has 2 rings (SSSR count). The van der Waals surface area contributed by atoms with E-state index >= 15 is 0 Å². The van der Waals surface area contributed by atoms with Crippen LogP contribution in [0.15, 0.2) is 16.6 Å². The van der Waals surface area contributed by atoms with Crippen LogP contribution in [0, 0.1) is 6.92 Å². The Kier molecular flexibility index (Phi) is 4.94. The van der Waals surface area contributed by atoms with Crippen molar-refractivity contribution in [1.82, 2.24) is 0 Å². The molecule has 116 valence electrons. The molecule has 1 atom stereocenters. The van der Waals surface area contributed by atoms with Gasteiger partial charge in [-0.1, -0.05) is 15.9 Å².